The highest BCUT2D eigenvalue weighted by atomic mass is 19.3. The highest BCUT2D eigenvalue weighted by molar-refractivity contribution is 5.86. The molecule has 0 bridgehead atoms. The standard InChI is InChI=1S/C13H18F2N2O3/c1-12(2,3)20-11(19)17-9-5-4-8(6-10(9)18)13(14,15)7-16/h4-6,18H,7,16H2,1-3H3,(H,17,19). The molecule has 4 N–H and O–H groups in total. The largest absolute Gasteiger partial charge is 0.506 e. The molecule has 0 radical (unpaired) electrons. The monoisotopic (exact) mass is 288 g/mol. The normalized spacial score (nSPS) is 12.1. The van der Waals surface area contributed by atoms with Crippen molar-refractivity contribution in [3.63, 3.8) is 0 Å². The molecular weight excluding hydrogens is 270 g/mol. The van der Waals surface area contributed by atoms with Gasteiger partial charge in [0, 0.05) is 5.56 Å². The predicted molar refractivity (Wildman–Crippen MR) is 70.9 cm³/mol. The lowest BCUT2D eigenvalue weighted by atomic mass is 10.1. The summed E-state index contributed by atoms with van der Waals surface area (Å²) < 4.78 is 31.7. The topological polar surface area (TPSA) is 84.6 Å². The molecule has 0 heterocycles. The summed E-state index contributed by atoms with van der Waals surface area (Å²) in [6.45, 7) is 4.16. The maximum Gasteiger partial charge on any atom is 0.412 e. The van der Waals surface area contributed by atoms with Crippen molar-refractivity contribution in [1.29, 1.82) is 0 Å². The molecular formula is C13H18F2N2O3. The SMILES string of the molecule is CC(C)(C)OC(=O)Nc1ccc(C(F)(F)CN)cc1O. The number of nitrogens with two attached hydrogens (primary N) is 1. The van der Waals surface area contributed by atoms with Crippen LogP contribution >= 0.6 is 0 Å². The molecule has 0 aliphatic heterocycles. The van der Waals surface area contributed by atoms with Crippen LogP contribution in [-0.2, 0) is 10.7 Å². The van der Waals surface area contributed by atoms with Crippen molar-refractivity contribution < 1.29 is 23.4 Å². The van der Waals surface area contributed by atoms with Crippen molar-refractivity contribution in [2.75, 3.05) is 11.9 Å². The summed E-state index contributed by atoms with van der Waals surface area (Å²) in [6, 6.07) is 3.11. The van der Waals surface area contributed by atoms with Crippen molar-refractivity contribution in [3.8, 4) is 5.75 Å². The zero-order chi connectivity index (χ0) is 15.6. The summed E-state index contributed by atoms with van der Waals surface area (Å²) in [6.07, 6.45) is -0.786. The Morgan fingerprint density at radius 2 is 2.00 bits per heavy atom. The first-order valence-corrected chi connectivity index (χ1v) is 5.96. The molecule has 1 aromatic rings. The van der Waals surface area contributed by atoms with E-state index < -0.39 is 35.5 Å². The highest BCUT2D eigenvalue weighted by Gasteiger charge is 2.30. The minimum atomic E-state index is -3.23. The van der Waals surface area contributed by atoms with E-state index in [0.717, 1.165) is 18.2 Å². The highest BCUT2D eigenvalue weighted by Crippen LogP contribution is 2.33. The number of carbonyl (C=O) groups is 1. The third-order valence-electron chi connectivity index (χ3n) is 2.31. The first-order chi connectivity index (χ1) is 9.05. The molecule has 0 saturated carbocycles. The zero-order valence-corrected chi connectivity index (χ0v) is 11.5. The number of amides is 1. The van der Waals surface area contributed by atoms with E-state index in [0.29, 0.717) is 0 Å². The van der Waals surface area contributed by atoms with Gasteiger partial charge in [-0.15, -0.1) is 0 Å². The summed E-state index contributed by atoms with van der Waals surface area (Å²) in [5.41, 5.74) is 3.81. The lowest BCUT2D eigenvalue weighted by Crippen LogP contribution is -2.27. The van der Waals surface area contributed by atoms with E-state index in [2.05, 4.69) is 5.32 Å². The van der Waals surface area contributed by atoms with Gasteiger partial charge in [-0.2, -0.15) is 8.78 Å². The molecule has 1 amide bonds. The van der Waals surface area contributed by atoms with E-state index in [1.807, 2.05) is 0 Å². The van der Waals surface area contributed by atoms with Crippen LogP contribution in [0, 0.1) is 0 Å². The van der Waals surface area contributed by atoms with E-state index in [4.69, 9.17) is 10.5 Å². The number of phenolic OH excluding ortho intramolecular Hbond substituents is 1. The number of aromatic hydroxyl groups is 1. The number of halogens is 2. The Morgan fingerprint density at radius 1 is 1.40 bits per heavy atom. The lowest BCUT2D eigenvalue weighted by molar-refractivity contribution is 0.00577. The third-order valence-corrected chi connectivity index (χ3v) is 2.31. The summed E-state index contributed by atoms with van der Waals surface area (Å²) in [7, 11) is 0. The van der Waals surface area contributed by atoms with Gasteiger partial charge in [0.15, 0.2) is 0 Å². The molecule has 20 heavy (non-hydrogen) atoms. The minimum Gasteiger partial charge on any atom is -0.506 e. The van der Waals surface area contributed by atoms with Gasteiger partial charge in [-0.05, 0) is 32.9 Å². The molecule has 0 aliphatic carbocycles. The van der Waals surface area contributed by atoms with Gasteiger partial charge in [0.2, 0.25) is 0 Å². The van der Waals surface area contributed by atoms with Gasteiger partial charge in [-0.3, -0.25) is 5.32 Å². The van der Waals surface area contributed by atoms with Crippen LogP contribution in [0.5, 0.6) is 5.75 Å². The van der Waals surface area contributed by atoms with Crippen molar-refractivity contribution >= 4 is 11.8 Å². The number of ether oxygens (including phenoxy) is 1. The minimum absolute atomic E-state index is 0.0178. The number of rotatable bonds is 3. The first-order valence-electron chi connectivity index (χ1n) is 5.96. The van der Waals surface area contributed by atoms with E-state index in [9.17, 15) is 18.7 Å². The second-order valence-electron chi connectivity index (χ2n) is 5.27. The van der Waals surface area contributed by atoms with Gasteiger partial charge < -0.3 is 15.6 Å². The number of nitrogens with one attached hydrogen (secondary N) is 1. The molecule has 1 aromatic carbocycles. The average molecular weight is 288 g/mol. The quantitative estimate of drug-likeness (QED) is 0.747. The van der Waals surface area contributed by atoms with Crippen molar-refractivity contribution in [1.82, 2.24) is 0 Å². The molecule has 1 rings (SSSR count). The number of carbonyl (C=O) groups excluding carboxylic acids is 1. The Bertz CT molecular complexity index is 499. The molecule has 5 nitrogen and oxygen atoms in total. The Hall–Kier alpha value is -1.89. The van der Waals surface area contributed by atoms with Crippen LogP contribution in [0.25, 0.3) is 0 Å². The fourth-order valence-corrected chi connectivity index (χ4v) is 1.40. The van der Waals surface area contributed by atoms with Gasteiger partial charge in [0.25, 0.3) is 5.92 Å². The summed E-state index contributed by atoms with van der Waals surface area (Å²) in [5, 5.41) is 11.9. The molecule has 0 aromatic heterocycles. The van der Waals surface area contributed by atoms with Gasteiger partial charge >= 0.3 is 6.09 Å². The smallest absolute Gasteiger partial charge is 0.412 e. The van der Waals surface area contributed by atoms with Crippen molar-refractivity contribution in [3.05, 3.63) is 23.8 Å². The number of alkyl halides is 2. The number of anilines is 1. The second-order valence-corrected chi connectivity index (χ2v) is 5.27. The van der Waals surface area contributed by atoms with Crippen LogP contribution in [0.2, 0.25) is 0 Å². The fraction of sp³-hybridized carbons (Fsp3) is 0.462. The number of phenols is 1. The van der Waals surface area contributed by atoms with Crippen LogP contribution < -0.4 is 11.1 Å². The third kappa shape index (κ3) is 4.34. The zero-order valence-electron chi connectivity index (χ0n) is 11.5. The average Bonchev–Trinajstić information content (AvgIpc) is 2.29. The molecule has 0 spiro atoms. The molecule has 0 fully saturated rings. The molecule has 112 valence electrons. The number of benzene rings is 1. The Labute approximate surface area is 115 Å². The summed E-state index contributed by atoms with van der Waals surface area (Å²) in [5.74, 6) is -3.72. The maximum absolute atomic E-state index is 13.3. The first kappa shape index (κ1) is 16.2. The van der Waals surface area contributed by atoms with Gasteiger partial charge in [0.1, 0.15) is 11.4 Å². The summed E-state index contributed by atoms with van der Waals surface area (Å²) >= 11 is 0. The fourth-order valence-electron chi connectivity index (χ4n) is 1.40. The van der Waals surface area contributed by atoms with Crippen LogP contribution in [0.4, 0.5) is 19.3 Å². The van der Waals surface area contributed by atoms with Gasteiger partial charge in [-0.1, -0.05) is 6.07 Å². The molecule has 0 atom stereocenters. The Balaban J connectivity index is 2.87. The van der Waals surface area contributed by atoms with Gasteiger partial charge in [0.05, 0.1) is 12.2 Å². The van der Waals surface area contributed by atoms with Crippen LogP contribution in [-0.4, -0.2) is 23.3 Å². The van der Waals surface area contributed by atoms with Crippen molar-refractivity contribution in [2.24, 2.45) is 5.73 Å². The van der Waals surface area contributed by atoms with Gasteiger partial charge in [-0.25, -0.2) is 4.79 Å². The number of hydrogen-bond acceptors (Lipinski definition) is 4. The molecule has 7 heteroatoms. The maximum atomic E-state index is 13.3. The van der Waals surface area contributed by atoms with E-state index in [-0.39, 0.29) is 5.69 Å². The summed E-state index contributed by atoms with van der Waals surface area (Å²) in [4.78, 5) is 11.5. The molecule has 0 aliphatic rings. The van der Waals surface area contributed by atoms with Crippen LogP contribution in [0.1, 0.15) is 26.3 Å². The van der Waals surface area contributed by atoms with Crippen molar-refractivity contribution in [2.45, 2.75) is 32.3 Å². The second kappa shape index (κ2) is 5.62. The van der Waals surface area contributed by atoms with Crippen LogP contribution in [0.3, 0.4) is 0 Å². The molecule has 0 unspecified atom stereocenters. The van der Waals surface area contributed by atoms with E-state index in [1.165, 1.54) is 0 Å². The van der Waals surface area contributed by atoms with E-state index in [1.54, 1.807) is 20.8 Å². The predicted octanol–water partition coefficient (Wildman–Crippen LogP) is 2.79. The van der Waals surface area contributed by atoms with E-state index >= 15 is 0 Å². The Morgan fingerprint density at radius 3 is 2.45 bits per heavy atom. The molecule has 0 saturated heterocycles. The number of hydrogen-bond donors (Lipinski definition) is 3. The van der Waals surface area contributed by atoms with Crippen LogP contribution in [0.15, 0.2) is 18.2 Å². The lowest BCUT2D eigenvalue weighted by Gasteiger charge is -2.20. The Kier molecular flexibility index (Phi) is 4.54.